The Morgan fingerprint density at radius 2 is 1.86 bits per heavy atom. The van der Waals surface area contributed by atoms with E-state index in [9.17, 15) is 14.4 Å². The number of carboxylic acid groups (broad SMARTS) is 1. The van der Waals surface area contributed by atoms with Crippen molar-refractivity contribution in [2.24, 2.45) is 5.10 Å². The second kappa shape index (κ2) is 8.83. The second-order valence-corrected chi connectivity index (χ2v) is 7.30. The lowest BCUT2D eigenvalue weighted by Crippen LogP contribution is -2.24. The first-order valence-electron chi connectivity index (χ1n) is 8.83. The van der Waals surface area contributed by atoms with Gasteiger partial charge in [0.1, 0.15) is 0 Å². The Balaban J connectivity index is 2.13. The number of nitrogens with zero attached hydrogens (tertiary/aromatic N) is 1. The van der Waals surface area contributed by atoms with Crippen LogP contribution >= 0.6 is 15.9 Å². The van der Waals surface area contributed by atoms with Gasteiger partial charge in [-0.1, -0.05) is 46.3 Å². The molecule has 1 aromatic heterocycles. The summed E-state index contributed by atoms with van der Waals surface area (Å²) in [6.07, 6.45) is -0.487. The molecule has 3 rings (SSSR count). The van der Waals surface area contributed by atoms with Gasteiger partial charge < -0.3 is 10.1 Å². The summed E-state index contributed by atoms with van der Waals surface area (Å²) < 4.78 is 0.858. The summed E-state index contributed by atoms with van der Waals surface area (Å²) in [4.78, 5) is 38.1. The highest BCUT2D eigenvalue weighted by atomic mass is 79.9. The third kappa shape index (κ3) is 4.78. The van der Waals surface area contributed by atoms with E-state index in [0.717, 1.165) is 15.4 Å². The van der Waals surface area contributed by atoms with E-state index >= 15 is 0 Å². The summed E-state index contributed by atoms with van der Waals surface area (Å²) in [5.74, 6) is -1.60. The van der Waals surface area contributed by atoms with E-state index in [4.69, 9.17) is 5.11 Å². The predicted octanol–water partition coefficient (Wildman–Crippen LogP) is 3.66. The van der Waals surface area contributed by atoms with Gasteiger partial charge in [-0.25, -0.2) is 5.43 Å². The molecule has 0 saturated carbocycles. The number of nitrogens with one attached hydrogen (secondary N) is 2. The molecule has 7 nitrogen and oxygen atoms in total. The highest BCUT2D eigenvalue weighted by molar-refractivity contribution is 9.10. The van der Waals surface area contributed by atoms with Crippen molar-refractivity contribution in [1.29, 1.82) is 0 Å². The highest BCUT2D eigenvalue weighted by Crippen LogP contribution is 2.31. The van der Waals surface area contributed by atoms with Crippen LogP contribution in [0.15, 0.2) is 62.9 Å². The molecule has 0 unspecified atom stereocenters. The maximum absolute atomic E-state index is 12.9. The number of rotatable bonds is 6. The van der Waals surface area contributed by atoms with E-state index in [-0.39, 0.29) is 18.4 Å². The molecule has 148 valence electrons. The standard InChI is InChI=1S/C21H18BrN3O4/c1-12(24-25-17(26)9-10-18(27)28)19-20(13-5-3-2-4-6-13)15-11-14(22)7-8-16(15)23-21(19)29/h2-8,11H,9-10H2,1H3,(H,23,29)(H,25,26)(H,27,28)/b24-12-. The van der Waals surface area contributed by atoms with Crippen LogP contribution in [-0.4, -0.2) is 27.7 Å². The fourth-order valence-electron chi connectivity index (χ4n) is 2.99. The molecule has 8 heteroatoms. The Morgan fingerprint density at radius 1 is 1.14 bits per heavy atom. The van der Waals surface area contributed by atoms with Crippen molar-refractivity contribution in [3.05, 3.63) is 68.9 Å². The molecule has 3 N–H and O–H groups in total. The number of hydrazone groups is 1. The van der Waals surface area contributed by atoms with Gasteiger partial charge in [-0.3, -0.25) is 14.4 Å². The van der Waals surface area contributed by atoms with Crippen molar-refractivity contribution in [2.45, 2.75) is 19.8 Å². The Hall–Kier alpha value is -3.26. The van der Waals surface area contributed by atoms with Gasteiger partial charge in [-0.2, -0.15) is 5.10 Å². The number of H-pyrrole nitrogens is 1. The third-order valence-corrected chi connectivity index (χ3v) is 4.81. The first kappa shape index (κ1) is 20.5. The molecule has 0 spiro atoms. The van der Waals surface area contributed by atoms with E-state index in [1.54, 1.807) is 6.92 Å². The van der Waals surface area contributed by atoms with Crippen LogP contribution in [0.1, 0.15) is 25.3 Å². The molecule has 0 fully saturated rings. The van der Waals surface area contributed by atoms with Gasteiger partial charge >= 0.3 is 5.97 Å². The highest BCUT2D eigenvalue weighted by Gasteiger charge is 2.17. The molecule has 3 aromatic rings. The van der Waals surface area contributed by atoms with Crippen LogP contribution in [0.5, 0.6) is 0 Å². The zero-order valence-electron chi connectivity index (χ0n) is 15.5. The summed E-state index contributed by atoms with van der Waals surface area (Å²) >= 11 is 3.47. The largest absolute Gasteiger partial charge is 0.481 e. The minimum Gasteiger partial charge on any atom is -0.481 e. The van der Waals surface area contributed by atoms with Gasteiger partial charge in [0.25, 0.3) is 5.56 Å². The number of carbonyl (C=O) groups excluding carboxylic acids is 1. The summed E-state index contributed by atoms with van der Waals surface area (Å²) in [5.41, 5.74) is 4.86. The van der Waals surface area contributed by atoms with E-state index < -0.39 is 11.9 Å². The number of aromatic amines is 1. The zero-order chi connectivity index (χ0) is 21.0. The average Bonchev–Trinajstić information content (AvgIpc) is 2.70. The normalized spacial score (nSPS) is 11.4. The Bertz CT molecular complexity index is 1170. The number of halogens is 1. The van der Waals surface area contributed by atoms with Gasteiger partial charge in [0.05, 0.1) is 17.7 Å². The molecule has 2 aromatic carbocycles. The van der Waals surface area contributed by atoms with E-state index in [2.05, 4.69) is 31.4 Å². The number of amides is 1. The van der Waals surface area contributed by atoms with Crippen molar-refractivity contribution >= 4 is 44.4 Å². The van der Waals surface area contributed by atoms with Crippen LogP contribution in [0, 0.1) is 0 Å². The minimum absolute atomic E-state index is 0.196. The summed E-state index contributed by atoms with van der Waals surface area (Å²) in [7, 11) is 0. The molecule has 0 bridgehead atoms. The van der Waals surface area contributed by atoms with E-state index in [1.807, 2.05) is 48.5 Å². The van der Waals surface area contributed by atoms with Crippen molar-refractivity contribution in [3.8, 4) is 11.1 Å². The number of aliphatic carboxylic acids is 1. The van der Waals surface area contributed by atoms with E-state index in [1.165, 1.54) is 0 Å². The van der Waals surface area contributed by atoms with Gasteiger partial charge in [0, 0.05) is 27.4 Å². The first-order chi connectivity index (χ1) is 13.9. The van der Waals surface area contributed by atoms with Gasteiger partial charge in [0.15, 0.2) is 0 Å². The molecule has 0 radical (unpaired) electrons. The number of carbonyl (C=O) groups is 2. The summed E-state index contributed by atoms with van der Waals surface area (Å²) in [6.45, 7) is 1.62. The van der Waals surface area contributed by atoms with Crippen molar-refractivity contribution in [2.75, 3.05) is 0 Å². The third-order valence-electron chi connectivity index (χ3n) is 4.31. The lowest BCUT2D eigenvalue weighted by molar-refractivity contribution is -0.138. The number of benzene rings is 2. The molecule has 0 atom stereocenters. The number of pyridine rings is 1. The first-order valence-corrected chi connectivity index (χ1v) is 9.62. The summed E-state index contributed by atoms with van der Waals surface area (Å²) in [6, 6.07) is 15.0. The SMILES string of the molecule is C/C(=N/NC(=O)CCC(=O)O)c1c(-c2ccccc2)c2cc(Br)ccc2[nH]c1=O. The quantitative estimate of drug-likeness (QED) is 0.388. The molecule has 0 aliphatic carbocycles. The van der Waals surface area contributed by atoms with Crippen LogP contribution < -0.4 is 11.0 Å². The minimum atomic E-state index is -1.07. The number of fused-ring (bicyclic) bond motifs is 1. The van der Waals surface area contributed by atoms with Crippen LogP contribution in [0.25, 0.3) is 22.0 Å². The van der Waals surface area contributed by atoms with Crippen molar-refractivity contribution in [3.63, 3.8) is 0 Å². The molecule has 29 heavy (non-hydrogen) atoms. The lowest BCUT2D eigenvalue weighted by atomic mass is 9.94. The van der Waals surface area contributed by atoms with Crippen molar-refractivity contribution < 1.29 is 14.7 Å². The number of aromatic nitrogens is 1. The molecular weight excluding hydrogens is 438 g/mol. The van der Waals surface area contributed by atoms with Crippen LogP contribution in [0.3, 0.4) is 0 Å². The van der Waals surface area contributed by atoms with E-state index in [0.29, 0.717) is 22.4 Å². The molecule has 0 saturated heterocycles. The molecule has 1 amide bonds. The van der Waals surface area contributed by atoms with Gasteiger partial charge in [0.2, 0.25) is 5.91 Å². The number of hydrogen-bond acceptors (Lipinski definition) is 4. The number of carboxylic acids is 1. The van der Waals surface area contributed by atoms with Gasteiger partial charge in [-0.15, -0.1) is 0 Å². The topological polar surface area (TPSA) is 112 Å². The average molecular weight is 456 g/mol. The molecular formula is C21H18BrN3O4. The van der Waals surface area contributed by atoms with Crippen LogP contribution in [0.4, 0.5) is 0 Å². The predicted molar refractivity (Wildman–Crippen MR) is 115 cm³/mol. The Kier molecular flexibility index (Phi) is 6.23. The summed E-state index contributed by atoms with van der Waals surface area (Å²) in [5, 5.41) is 13.5. The smallest absolute Gasteiger partial charge is 0.303 e. The fourth-order valence-corrected chi connectivity index (χ4v) is 3.35. The maximum Gasteiger partial charge on any atom is 0.303 e. The molecule has 1 heterocycles. The monoisotopic (exact) mass is 455 g/mol. The zero-order valence-corrected chi connectivity index (χ0v) is 17.1. The number of hydrogen-bond donors (Lipinski definition) is 3. The molecule has 0 aliphatic rings. The maximum atomic E-state index is 12.9. The fraction of sp³-hybridized carbons (Fsp3) is 0.143. The van der Waals surface area contributed by atoms with Crippen molar-refractivity contribution in [1.82, 2.24) is 10.4 Å². The lowest BCUT2D eigenvalue weighted by Gasteiger charge is -2.13. The van der Waals surface area contributed by atoms with Crippen LogP contribution in [-0.2, 0) is 9.59 Å². The molecule has 0 aliphatic heterocycles. The Labute approximate surface area is 174 Å². The Morgan fingerprint density at radius 3 is 2.55 bits per heavy atom. The second-order valence-electron chi connectivity index (χ2n) is 6.39. The van der Waals surface area contributed by atoms with Gasteiger partial charge in [-0.05, 0) is 30.7 Å². The van der Waals surface area contributed by atoms with Crippen LogP contribution in [0.2, 0.25) is 0 Å².